The summed E-state index contributed by atoms with van der Waals surface area (Å²) in [5, 5.41) is 3.19. The van der Waals surface area contributed by atoms with E-state index in [0.717, 1.165) is 13.0 Å². The summed E-state index contributed by atoms with van der Waals surface area (Å²) in [6.45, 7) is 6.77. The van der Waals surface area contributed by atoms with E-state index < -0.39 is 0 Å². The first kappa shape index (κ1) is 12.9. The third-order valence-corrected chi connectivity index (χ3v) is 2.32. The highest BCUT2D eigenvalue weighted by Crippen LogP contribution is 2.04. The van der Waals surface area contributed by atoms with Gasteiger partial charge >= 0.3 is 0 Å². The number of alkyl halides is 1. The molecule has 0 aromatic rings. The molecule has 0 rings (SSSR count). The van der Waals surface area contributed by atoms with Crippen LogP contribution in [0, 0.1) is 0 Å². The van der Waals surface area contributed by atoms with Crippen molar-refractivity contribution in [3.63, 3.8) is 0 Å². The van der Waals surface area contributed by atoms with Gasteiger partial charge in [-0.25, -0.2) is 0 Å². The van der Waals surface area contributed by atoms with Crippen molar-refractivity contribution >= 4 is 11.6 Å². The van der Waals surface area contributed by atoms with Crippen LogP contribution in [0.25, 0.3) is 0 Å². The van der Waals surface area contributed by atoms with Crippen LogP contribution in [0.1, 0.15) is 26.2 Å². The van der Waals surface area contributed by atoms with Gasteiger partial charge < -0.3 is 4.74 Å². The van der Waals surface area contributed by atoms with Gasteiger partial charge in [-0.1, -0.05) is 25.8 Å². The number of hydrogen-bond donors (Lipinski definition) is 1. The monoisotopic (exact) mass is 205 g/mol. The van der Waals surface area contributed by atoms with E-state index in [1.807, 2.05) is 0 Å². The maximum absolute atomic E-state index is 6.02. The van der Waals surface area contributed by atoms with Crippen molar-refractivity contribution in [1.82, 2.24) is 5.32 Å². The van der Waals surface area contributed by atoms with E-state index in [2.05, 4.69) is 18.8 Å². The lowest BCUT2D eigenvalue weighted by molar-refractivity contribution is 0.129. The van der Waals surface area contributed by atoms with Crippen molar-refractivity contribution in [2.45, 2.75) is 37.8 Å². The molecule has 0 saturated heterocycles. The topological polar surface area (TPSA) is 21.3 Å². The molecule has 0 aromatic carbocycles. The summed E-state index contributed by atoms with van der Waals surface area (Å²) in [4.78, 5) is 0. The molecule has 0 aliphatic heterocycles. The molecular formula is C10H20ClNO. The van der Waals surface area contributed by atoms with Crippen LogP contribution < -0.4 is 5.32 Å². The lowest BCUT2D eigenvalue weighted by Crippen LogP contribution is -2.35. The van der Waals surface area contributed by atoms with Crippen LogP contribution in [0.4, 0.5) is 0 Å². The van der Waals surface area contributed by atoms with Crippen LogP contribution >= 0.6 is 11.6 Å². The number of ether oxygens (including phenoxy) is 1. The molecule has 0 amide bonds. The van der Waals surface area contributed by atoms with E-state index in [0.29, 0.717) is 0 Å². The van der Waals surface area contributed by atoms with Gasteiger partial charge in [-0.15, -0.1) is 18.2 Å². The molecule has 0 aliphatic rings. The standard InChI is InChI=1S/C10H20ClNO/c1-4-6-7-8-12-10(11)9(5-2)13-3/h5,9-10,12H,2,4,6-8H2,1,3H3. The summed E-state index contributed by atoms with van der Waals surface area (Å²) in [6.07, 6.45) is 5.23. The first-order chi connectivity index (χ1) is 6.26. The maximum Gasteiger partial charge on any atom is 0.113 e. The first-order valence-electron chi connectivity index (χ1n) is 4.79. The zero-order valence-electron chi connectivity index (χ0n) is 8.55. The molecule has 1 N–H and O–H groups in total. The van der Waals surface area contributed by atoms with Gasteiger partial charge in [0.15, 0.2) is 0 Å². The Bertz CT molecular complexity index is 130. The quantitative estimate of drug-likeness (QED) is 0.285. The molecule has 78 valence electrons. The molecule has 2 unspecified atom stereocenters. The van der Waals surface area contributed by atoms with Gasteiger partial charge in [-0.2, -0.15) is 0 Å². The predicted molar refractivity (Wildman–Crippen MR) is 58.2 cm³/mol. The fourth-order valence-corrected chi connectivity index (χ4v) is 1.38. The molecule has 13 heavy (non-hydrogen) atoms. The van der Waals surface area contributed by atoms with Crippen LogP contribution in [-0.2, 0) is 4.74 Å². The lowest BCUT2D eigenvalue weighted by Gasteiger charge is -2.18. The number of halogens is 1. The van der Waals surface area contributed by atoms with Gasteiger partial charge in [0.05, 0.1) is 0 Å². The second kappa shape index (κ2) is 8.54. The molecule has 0 spiro atoms. The minimum atomic E-state index is -0.167. The summed E-state index contributed by atoms with van der Waals surface area (Å²) >= 11 is 6.02. The Labute approximate surface area is 86.3 Å². The van der Waals surface area contributed by atoms with Crippen molar-refractivity contribution in [3.8, 4) is 0 Å². The molecule has 0 radical (unpaired) electrons. The van der Waals surface area contributed by atoms with Crippen LogP contribution in [0.15, 0.2) is 12.7 Å². The second-order valence-corrected chi connectivity index (χ2v) is 3.47. The Morgan fingerprint density at radius 3 is 2.69 bits per heavy atom. The van der Waals surface area contributed by atoms with E-state index in [-0.39, 0.29) is 11.6 Å². The second-order valence-electron chi connectivity index (χ2n) is 3.00. The highest BCUT2D eigenvalue weighted by molar-refractivity contribution is 6.20. The fourth-order valence-electron chi connectivity index (χ4n) is 1.07. The smallest absolute Gasteiger partial charge is 0.113 e. The minimum absolute atomic E-state index is 0.108. The summed E-state index contributed by atoms with van der Waals surface area (Å²) in [5.74, 6) is 0. The highest BCUT2D eigenvalue weighted by Gasteiger charge is 2.13. The number of nitrogens with one attached hydrogen (secondary N) is 1. The van der Waals surface area contributed by atoms with Crippen LogP contribution in [-0.4, -0.2) is 25.3 Å². The zero-order valence-corrected chi connectivity index (χ0v) is 9.31. The summed E-state index contributed by atoms with van der Waals surface area (Å²) in [7, 11) is 1.63. The predicted octanol–water partition coefficient (Wildman–Crippen LogP) is 2.53. The average molecular weight is 206 g/mol. The Kier molecular flexibility index (Phi) is 8.51. The third-order valence-electron chi connectivity index (χ3n) is 1.91. The van der Waals surface area contributed by atoms with Crippen molar-refractivity contribution in [1.29, 1.82) is 0 Å². The normalized spacial score (nSPS) is 15.3. The van der Waals surface area contributed by atoms with Crippen LogP contribution in [0.2, 0.25) is 0 Å². The number of methoxy groups -OCH3 is 1. The van der Waals surface area contributed by atoms with Gasteiger partial charge in [0.25, 0.3) is 0 Å². The Morgan fingerprint density at radius 2 is 2.23 bits per heavy atom. The van der Waals surface area contributed by atoms with Crippen molar-refractivity contribution in [3.05, 3.63) is 12.7 Å². The summed E-state index contributed by atoms with van der Waals surface area (Å²) in [6, 6.07) is 0. The van der Waals surface area contributed by atoms with E-state index >= 15 is 0 Å². The number of rotatable bonds is 8. The molecule has 0 bridgehead atoms. The number of hydrogen-bond acceptors (Lipinski definition) is 2. The van der Waals surface area contributed by atoms with Gasteiger partial charge in [0, 0.05) is 7.11 Å². The average Bonchev–Trinajstić information content (AvgIpc) is 2.14. The van der Waals surface area contributed by atoms with Crippen molar-refractivity contribution in [2.24, 2.45) is 0 Å². The van der Waals surface area contributed by atoms with Crippen molar-refractivity contribution < 1.29 is 4.74 Å². The highest BCUT2D eigenvalue weighted by atomic mass is 35.5. The van der Waals surface area contributed by atoms with E-state index in [4.69, 9.17) is 16.3 Å². The van der Waals surface area contributed by atoms with Gasteiger partial charge in [-0.3, -0.25) is 5.32 Å². The molecule has 0 aromatic heterocycles. The molecule has 2 nitrogen and oxygen atoms in total. The van der Waals surface area contributed by atoms with E-state index in [9.17, 15) is 0 Å². The maximum atomic E-state index is 6.02. The molecule has 0 saturated carbocycles. The van der Waals surface area contributed by atoms with E-state index in [1.54, 1.807) is 13.2 Å². The van der Waals surface area contributed by atoms with Crippen molar-refractivity contribution in [2.75, 3.05) is 13.7 Å². The SMILES string of the molecule is C=CC(OC)C(Cl)NCCCCC. The molecule has 0 heterocycles. The number of unbranched alkanes of at least 4 members (excludes halogenated alkanes) is 2. The van der Waals surface area contributed by atoms with Crippen LogP contribution in [0.5, 0.6) is 0 Å². The molecule has 2 atom stereocenters. The molecule has 0 fully saturated rings. The van der Waals surface area contributed by atoms with Gasteiger partial charge in [0.1, 0.15) is 11.6 Å². The molecule has 3 heteroatoms. The Morgan fingerprint density at radius 1 is 1.54 bits per heavy atom. The first-order valence-corrected chi connectivity index (χ1v) is 5.22. The zero-order chi connectivity index (χ0) is 10.1. The summed E-state index contributed by atoms with van der Waals surface area (Å²) < 4.78 is 5.11. The van der Waals surface area contributed by atoms with Gasteiger partial charge in [-0.05, 0) is 13.0 Å². The van der Waals surface area contributed by atoms with Gasteiger partial charge in [0.2, 0.25) is 0 Å². The van der Waals surface area contributed by atoms with E-state index in [1.165, 1.54) is 12.8 Å². The Balaban J connectivity index is 3.47. The third kappa shape index (κ3) is 6.08. The fraction of sp³-hybridized carbons (Fsp3) is 0.800. The summed E-state index contributed by atoms with van der Waals surface area (Å²) in [5.41, 5.74) is -0.167. The Hall–Kier alpha value is -0.0500. The lowest BCUT2D eigenvalue weighted by atomic mass is 10.2. The minimum Gasteiger partial charge on any atom is -0.374 e. The molecule has 0 aliphatic carbocycles. The largest absolute Gasteiger partial charge is 0.374 e. The molecular weight excluding hydrogens is 186 g/mol. The van der Waals surface area contributed by atoms with Crippen LogP contribution in [0.3, 0.4) is 0 Å².